The van der Waals surface area contributed by atoms with E-state index in [9.17, 15) is 10.2 Å². The first-order valence-corrected chi connectivity index (χ1v) is 10.9. The van der Waals surface area contributed by atoms with Crippen molar-refractivity contribution in [1.82, 2.24) is 0 Å². The van der Waals surface area contributed by atoms with E-state index in [1.54, 1.807) is 0 Å². The molecule has 2 saturated carbocycles. The summed E-state index contributed by atoms with van der Waals surface area (Å²) in [6.45, 7) is 2.62. The predicted octanol–water partition coefficient (Wildman–Crippen LogP) is 4.44. The van der Waals surface area contributed by atoms with Crippen molar-refractivity contribution in [2.45, 2.75) is 62.9 Å². The standard InChI is InChI=1S/C24H27ClO4/c1-2-28-18-6-3-15(4-7-18)13-17-14-16(5-8-19(17)25)20-21(26)23(9-10-23)22(27)24(29-20)11-12-24/h3-8,14,20-22,26-27H,2,9-13H2,1H3/t20-,21-,22-/m0/s1. The highest BCUT2D eigenvalue weighted by molar-refractivity contribution is 6.31. The quantitative estimate of drug-likeness (QED) is 0.759. The van der Waals surface area contributed by atoms with Crippen molar-refractivity contribution in [1.29, 1.82) is 0 Å². The van der Waals surface area contributed by atoms with Crippen LogP contribution in [0.25, 0.3) is 0 Å². The fourth-order valence-corrected chi connectivity index (χ4v) is 5.03. The summed E-state index contributed by atoms with van der Waals surface area (Å²) in [6, 6.07) is 13.9. The summed E-state index contributed by atoms with van der Waals surface area (Å²) in [5.74, 6) is 0.859. The molecule has 3 aliphatic rings. The van der Waals surface area contributed by atoms with Crippen LogP contribution in [0, 0.1) is 5.41 Å². The molecule has 0 bridgehead atoms. The zero-order chi connectivity index (χ0) is 20.2. The number of ether oxygens (including phenoxy) is 2. The molecule has 4 nitrogen and oxygen atoms in total. The molecule has 3 atom stereocenters. The second kappa shape index (κ2) is 6.98. The number of halogens is 1. The van der Waals surface area contributed by atoms with Gasteiger partial charge in [-0.05, 0) is 73.9 Å². The Labute approximate surface area is 176 Å². The average molecular weight is 415 g/mol. The van der Waals surface area contributed by atoms with Crippen LogP contribution < -0.4 is 4.74 Å². The Morgan fingerprint density at radius 2 is 1.79 bits per heavy atom. The van der Waals surface area contributed by atoms with Gasteiger partial charge in [0, 0.05) is 10.4 Å². The molecule has 0 unspecified atom stereocenters. The molecule has 1 aliphatic heterocycles. The average Bonchev–Trinajstić information content (AvgIpc) is 3.64. The van der Waals surface area contributed by atoms with Gasteiger partial charge in [-0.1, -0.05) is 35.9 Å². The van der Waals surface area contributed by atoms with Crippen molar-refractivity contribution >= 4 is 11.6 Å². The number of aliphatic hydroxyl groups excluding tert-OH is 2. The highest BCUT2D eigenvalue weighted by atomic mass is 35.5. The second-order valence-corrected chi connectivity index (χ2v) is 9.20. The van der Waals surface area contributed by atoms with Gasteiger partial charge >= 0.3 is 0 Å². The highest BCUT2D eigenvalue weighted by Crippen LogP contribution is 2.66. The van der Waals surface area contributed by atoms with Crippen LogP contribution >= 0.6 is 11.6 Å². The SMILES string of the molecule is CCOc1ccc(Cc2cc([C@@H]3OC4(CC4)[C@@H](O)C4(CC4)[C@H]3O)ccc2Cl)cc1. The maximum atomic E-state index is 11.0. The van der Waals surface area contributed by atoms with Crippen LogP contribution in [-0.4, -0.2) is 34.6 Å². The van der Waals surface area contributed by atoms with E-state index in [1.165, 1.54) is 0 Å². The van der Waals surface area contributed by atoms with Crippen molar-refractivity contribution < 1.29 is 19.7 Å². The Kier molecular flexibility index (Phi) is 4.67. The van der Waals surface area contributed by atoms with E-state index in [4.69, 9.17) is 21.1 Å². The topological polar surface area (TPSA) is 58.9 Å². The minimum Gasteiger partial charge on any atom is -0.494 e. The summed E-state index contributed by atoms with van der Waals surface area (Å²) >= 11 is 6.49. The Hall–Kier alpha value is -1.59. The Morgan fingerprint density at radius 1 is 1.07 bits per heavy atom. The van der Waals surface area contributed by atoms with Gasteiger partial charge in [0.05, 0.1) is 24.4 Å². The summed E-state index contributed by atoms with van der Waals surface area (Å²) in [7, 11) is 0. The first-order valence-electron chi connectivity index (χ1n) is 10.5. The van der Waals surface area contributed by atoms with Gasteiger partial charge in [0.25, 0.3) is 0 Å². The first kappa shape index (κ1) is 19.4. The smallest absolute Gasteiger partial charge is 0.119 e. The molecule has 1 heterocycles. The summed E-state index contributed by atoms with van der Waals surface area (Å²) in [5, 5.41) is 22.5. The molecule has 2 N–H and O–H groups in total. The lowest BCUT2D eigenvalue weighted by molar-refractivity contribution is -0.226. The molecule has 2 spiro atoms. The van der Waals surface area contributed by atoms with Crippen LogP contribution in [0.1, 0.15) is 55.4 Å². The van der Waals surface area contributed by atoms with Crippen LogP contribution in [0.3, 0.4) is 0 Å². The molecule has 3 fully saturated rings. The zero-order valence-corrected chi connectivity index (χ0v) is 17.4. The minimum atomic E-state index is -0.691. The fraction of sp³-hybridized carbons (Fsp3) is 0.500. The number of aliphatic hydroxyl groups is 2. The van der Waals surface area contributed by atoms with E-state index < -0.39 is 29.3 Å². The van der Waals surface area contributed by atoms with E-state index >= 15 is 0 Å². The molecular weight excluding hydrogens is 388 g/mol. The van der Waals surface area contributed by atoms with Gasteiger partial charge < -0.3 is 19.7 Å². The van der Waals surface area contributed by atoms with Gasteiger partial charge in [0.1, 0.15) is 11.9 Å². The van der Waals surface area contributed by atoms with Crippen LogP contribution in [0.4, 0.5) is 0 Å². The molecule has 0 aromatic heterocycles. The highest BCUT2D eigenvalue weighted by Gasteiger charge is 2.71. The van der Waals surface area contributed by atoms with E-state index in [1.807, 2.05) is 31.2 Å². The molecule has 29 heavy (non-hydrogen) atoms. The van der Waals surface area contributed by atoms with Gasteiger partial charge in [0.2, 0.25) is 0 Å². The maximum Gasteiger partial charge on any atom is 0.119 e. The van der Waals surface area contributed by atoms with Crippen molar-refractivity contribution in [3.8, 4) is 5.75 Å². The monoisotopic (exact) mass is 414 g/mol. The van der Waals surface area contributed by atoms with Gasteiger partial charge in [-0.3, -0.25) is 0 Å². The summed E-state index contributed by atoms with van der Waals surface area (Å²) in [4.78, 5) is 0. The van der Waals surface area contributed by atoms with Crippen molar-refractivity contribution in [2.24, 2.45) is 5.41 Å². The van der Waals surface area contributed by atoms with Gasteiger partial charge in [-0.15, -0.1) is 0 Å². The van der Waals surface area contributed by atoms with E-state index in [-0.39, 0.29) is 0 Å². The third kappa shape index (κ3) is 3.27. The van der Waals surface area contributed by atoms with Crippen molar-refractivity contribution in [3.05, 3.63) is 64.2 Å². The molecule has 2 aromatic rings. The van der Waals surface area contributed by atoms with E-state index in [0.717, 1.165) is 48.1 Å². The normalized spacial score (nSPS) is 28.5. The number of hydrogen-bond acceptors (Lipinski definition) is 4. The molecule has 0 radical (unpaired) electrons. The Balaban J connectivity index is 1.41. The summed E-state index contributed by atoms with van der Waals surface area (Å²) in [6.07, 6.45) is 2.49. The molecule has 0 amide bonds. The second-order valence-electron chi connectivity index (χ2n) is 8.79. The van der Waals surface area contributed by atoms with Crippen LogP contribution in [0.15, 0.2) is 42.5 Å². The largest absolute Gasteiger partial charge is 0.494 e. The van der Waals surface area contributed by atoms with E-state index in [2.05, 4.69) is 18.2 Å². The predicted molar refractivity (Wildman–Crippen MR) is 111 cm³/mol. The lowest BCUT2D eigenvalue weighted by Gasteiger charge is -2.44. The van der Waals surface area contributed by atoms with Gasteiger partial charge in [-0.2, -0.15) is 0 Å². The number of hydrogen-bond donors (Lipinski definition) is 2. The molecule has 2 aliphatic carbocycles. The molecular formula is C24H27ClO4. The summed E-state index contributed by atoms with van der Waals surface area (Å²) in [5.41, 5.74) is 2.23. The van der Waals surface area contributed by atoms with Gasteiger partial charge in [-0.25, -0.2) is 0 Å². The number of benzene rings is 2. The summed E-state index contributed by atoms with van der Waals surface area (Å²) < 4.78 is 11.8. The maximum absolute atomic E-state index is 11.0. The Morgan fingerprint density at radius 3 is 2.41 bits per heavy atom. The molecule has 5 rings (SSSR count). The third-order valence-corrected chi connectivity index (χ3v) is 7.25. The first-order chi connectivity index (χ1) is 14.0. The van der Waals surface area contributed by atoms with Crippen molar-refractivity contribution in [3.63, 3.8) is 0 Å². The molecule has 2 aromatic carbocycles. The lowest BCUT2D eigenvalue weighted by atomic mass is 9.79. The van der Waals surface area contributed by atoms with Crippen LogP contribution in [-0.2, 0) is 11.2 Å². The van der Waals surface area contributed by atoms with Crippen molar-refractivity contribution in [2.75, 3.05) is 6.61 Å². The lowest BCUT2D eigenvalue weighted by Crippen LogP contribution is -2.53. The van der Waals surface area contributed by atoms with E-state index in [0.29, 0.717) is 18.1 Å². The van der Waals surface area contributed by atoms with Crippen LogP contribution in [0.2, 0.25) is 5.02 Å². The van der Waals surface area contributed by atoms with Crippen LogP contribution in [0.5, 0.6) is 5.75 Å². The minimum absolute atomic E-state index is 0.395. The van der Waals surface area contributed by atoms with Gasteiger partial charge in [0.15, 0.2) is 0 Å². The molecule has 1 saturated heterocycles. The zero-order valence-electron chi connectivity index (χ0n) is 16.6. The third-order valence-electron chi connectivity index (χ3n) is 6.88. The number of rotatable bonds is 5. The fourth-order valence-electron chi connectivity index (χ4n) is 4.84. The Bertz CT molecular complexity index is 902. The molecule has 154 valence electrons. The molecule has 5 heteroatoms.